The van der Waals surface area contributed by atoms with Gasteiger partial charge in [0.1, 0.15) is 5.69 Å². The van der Waals surface area contributed by atoms with Gasteiger partial charge in [-0.15, -0.1) is 0 Å². The van der Waals surface area contributed by atoms with Gasteiger partial charge in [0.2, 0.25) is 0 Å². The van der Waals surface area contributed by atoms with Crippen LogP contribution < -0.4 is 5.32 Å². The number of fused-ring (bicyclic) bond motifs is 1. The predicted molar refractivity (Wildman–Crippen MR) is 85.5 cm³/mol. The molecule has 1 aromatic carbocycles. The number of carbonyl (C=O) groups is 1. The minimum Gasteiger partial charge on any atom is -0.351 e. The van der Waals surface area contributed by atoms with Crippen LogP contribution in [-0.2, 0) is 0 Å². The number of H-pyrrole nitrogens is 1. The van der Waals surface area contributed by atoms with E-state index in [4.69, 9.17) is 0 Å². The molecule has 1 aliphatic heterocycles. The number of para-hydroxylation sites is 1. The molecule has 1 fully saturated rings. The molecule has 0 bridgehead atoms. The van der Waals surface area contributed by atoms with Crippen molar-refractivity contribution >= 4 is 16.8 Å². The SMILES string of the molecule is CNCCC1CCN(C(=O)c2cc3ccccc3[nH]2)CC1. The fourth-order valence-electron chi connectivity index (χ4n) is 3.13. The Labute approximate surface area is 125 Å². The van der Waals surface area contributed by atoms with Gasteiger partial charge in [-0.05, 0) is 50.9 Å². The normalized spacial score (nSPS) is 16.5. The second kappa shape index (κ2) is 6.31. The number of hydrogen-bond acceptors (Lipinski definition) is 2. The van der Waals surface area contributed by atoms with E-state index in [0.717, 1.165) is 49.3 Å². The lowest BCUT2D eigenvalue weighted by molar-refractivity contribution is 0.0682. The van der Waals surface area contributed by atoms with Crippen molar-refractivity contribution in [3.8, 4) is 0 Å². The number of hydrogen-bond donors (Lipinski definition) is 2. The van der Waals surface area contributed by atoms with E-state index in [0.29, 0.717) is 5.69 Å². The third kappa shape index (κ3) is 3.10. The minimum absolute atomic E-state index is 0.137. The van der Waals surface area contributed by atoms with Crippen LogP contribution in [0.3, 0.4) is 0 Å². The Hall–Kier alpha value is -1.81. The monoisotopic (exact) mass is 285 g/mol. The van der Waals surface area contributed by atoms with E-state index in [1.165, 1.54) is 6.42 Å². The van der Waals surface area contributed by atoms with Crippen LogP contribution >= 0.6 is 0 Å². The molecule has 1 amide bonds. The van der Waals surface area contributed by atoms with Gasteiger partial charge in [0.05, 0.1) is 0 Å². The zero-order valence-electron chi connectivity index (χ0n) is 12.6. The fraction of sp³-hybridized carbons (Fsp3) is 0.471. The maximum Gasteiger partial charge on any atom is 0.270 e. The van der Waals surface area contributed by atoms with Gasteiger partial charge in [-0.3, -0.25) is 4.79 Å². The first kappa shape index (κ1) is 14.1. The van der Waals surface area contributed by atoms with Crippen molar-refractivity contribution in [3.63, 3.8) is 0 Å². The average molecular weight is 285 g/mol. The highest BCUT2D eigenvalue weighted by atomic mass is 16.2. The number of nitrogens with one attached hydrogen (secondary N) is 2. The number of carbonyl (C=O) groups excluding carboxylic acids is 1. The van der Waals surface area contributed by atoms with Gasteiger partial charge < -0.3 is 15.2 Å². The van der Waals surface area contributed by atoms with Crippen molar-refractivity contribution < 1.29 is 4.79 Å². The molecule has 0 saturated carbocycles. The van der Waals surface area contributed by atoms with Crippen LogP contribution in [0, 0.1) is 5.92 Å². The zero-order valence-corrected chi connectivity index (χ0v) is 12.6. The lowest BCUT2D eigenvalue weighted by atomic mass is 9.93. The summed E-state index contributed by atoms with van der Waals surface area (Å²) in [6, 6.07) is 9.99. The lowest BCUT2D eigenvalue weighted by Crippen LogP contribution is -2.39. The number of likely N-dealkylation sites (tertiary alicyclic amines) is 1. The summed E-state index contributed by atoms with van der Waals surface area (Å²) < 4.78 is 0. The number of aromatic amines is 1. The molecular formula is C17H23N3O. The summed E-state index contributed by atoms with van der Waals surface area (Å²) >= 11 is 0. The Bertz CT molecular complexity index is 578. The molecule has 0 aliphatic carbocycles. The Morgan fingerprint density at radius 1 is 1.33 bits per heavy atom. The molecule has 0 radical (unpaired) electrons. The van der Waals surface area contributed by atoms with E-state index < -0.39 is 0 Å². The topological polar surface area (TPSA) is 48.1 Å². The van der Waals surface area contributed by atoms with E-state index in [9.17, 15) is 4.79 Å². The number of benzene rings is 1. The van der Waals surface area contributed by atoms with Crippen molar-refractivity contribution in [2.24, 2.45) is 5.92 Å². The molecule has 0 unspecified atom stereocenters. The number of rotatable bonds is 4. The summed E-state index contributed by atoms with van der Waals surface area (Å²) in [5.74, 6) is 0.891. The van der Waals surface area contributed by atoms with Gasteiger partial charge in [-0.25, -0.2) is 0 Å². The van der Waals surface area contributed by atoms with Crippen molar-refractivity contribution in [3.05, 3.63) is 36.0 Å². The van der Waals surface area contributed by atoms with Crippen LogP contribution in [0.25, 0.3) is 10.9 Å². The van der Waals surface area contributed by atoms with E-state index in [-0.39, 0.29) is 5.91 Å². The van der Waals surface area contributed by atoms with Crippen LogP contribution in [-0.4, -0.2) is 42.5 Å². The summed E-state index contributed by atoms with van der Waals surface area (Å²) in [5, 5.41) is 4.31. The zero-order chi connectivity index (χ0) is 14.7. The maximum absolute atomic E-state index is 12.6. The molecule has 112 valence electrons. The molecule has 1 saturated heterocycles. The van der Waals surface area contributed by atoms with Crippen molar-refractivity contribution in [2.75, 3.05) is 26.7 Å². The van der Waals surface area contributed by atoms with Gasteiger partial charge in [0, 0.05) is 24.0 Å². The van der Waals surface area contributed by atoms with Gasteiger partial charge in [-0.2, -0.15) is 0 Å². The van der Waals surface area contributed by atoms with E-state index in [1.807, 2.05) is 42.3 Å². The van der Waals surface area contributed by atoms with Crippen molar-refractivity contribution in [1.82, 2.24) is 15.2 Å². The van der Waals surface area contributed by atoms with Gasteiger partial charge in [-0.1, -0.05) is 18.2 Å². The number of aromatic nitrogens is 1. The average Bonchev–Trinajstić information content (AvgIpc) is 2.96. The second-order valence-corrected chi connectivity index (χ2v) is 5.90. The number of amides is 1. The Morgan fingerprint density at radius 2 is 2.10 bits per heavy atom. The molecule has 2 heterocycles. The highest BCUT2D eigenvalue weighted by Crippen LogP contribution is 2.22. The third-order valence-electron chi connectivity index (χ3n) is 4.46. The number of piperidine rings is 1. The van der Waals surface area contributed by atoms with Crippen LogP contribution in [0.15, 0.2) is 30.3 Å². The standard InChI is InChI=1S/C17H23N3O/c1-18-9-6-13-7-10-20(11-8-13)17(21)16-12-14-4-2-3-5-15(14)19-16/h2-5,12-13,18-19H,6-11H2,1H3. The molecule has 4 nitrogen and oxygen atoms in total. The molecule has 0 atom stereocenters. The van der Waals surface area contributed by atoms with Gasteiger partial charge >= 0.3 is 0 Å². The van der Waals surface area contributed by atoms with Crippen LogP contribution in [0.1, 0.15) is 29.8 Å². The Balaban J connectivity index is 1.63. The summed E-state index contributed by atoms with van der Waals surface area (Å²) in [5.41, 5.74) is 1.75. The Kier molecular flexibility index (Phi) is 4.25. The van der Waals surface area contributed by atoms with Gasteiger partial charge in [0.25, 0.3) is 5.91 Å². The van der Waals surface area contributed by atoms with Crippen molar-refractivity contribution in [2.45, 2.75) is 19.3 Å². The number of nitrogens with zero attached hydrogens (tertiary/aromatic N) is 1. The van der Waals surface area contributed by atoms with Crippen LogP contribution in [0.2, 0.25) is 0 Å². The summed E-state index contributed by atoms with van der Waals surface area (Å²) in [7, 11) is 1.99. The quantitative estimate of drug-likeness (QED) is 0.907. The van der Waals surface area contributed by atoms with E-state index in [1.54, 1.807) is 0 Å². The third-order valence-corrected chi connectivity index (χ3v) is 4.46. The highest BCUT2D eigenvalue weighted by molar-refractivity contribution is 5.98. The summed E-state index contributed by atoms with van der Waals surface area (Å²) in [6.45, 7) is 2.83. The van der Waals surface area contributed by atoms with E-state index >= 15 is 0 Å². The predicted octanol–water partition coefficient (Wildman–Crippen LogP) is 2.63. The molecule has 4 heteroatoms. The molecule has 1 aliphatic rings. The maximum atomic E-state index is 12.6. The summed E-state index contributed by atoms with van der Waals surface area (Å²) in [4.78, 5) is 17.8. The first-order chi connectivity index (χ1) is 10.3. The summed E-state index contributed by atoms with van der Waals surface area (Å²) in [6.07, 6.45) is 3.45. The molecule has 1 aromatic heterocycles. The largest absolute Gasteiger partial charge is 0.351 e. The molecule has 0 spiro atoms. The highest BCUT2D eigenvalue weighted by Gasteiger charge is 2.24. The lowest BCUT2D eigenvalue weighted by Gasteiger charge is -2.31. The van der Waals surface area contributed by atoms with Gasteiger partial charge in [0.15, 0.2) is 0 Å². The first-order valence-corrected chi connectivity index (χ1v) is 7.79. The Morgan fingerprint density at radius 3 is 2.81 bits per heavy atom. The fourth-order valence-corrected chi connectivity index (χ4v) is 3.13. The molecule has 3 rings (SSSR count). The molecular weight excluding hydrogens is 262 g/mol. The van der Waals surface area contributed by atoms with Crippen LogP contribution in [0.4, 0.5) is 0 Å². The second-order valence-electron chi connectivity index (χ2n) is 5.90. The van der Waals surface area contributed by atoms with E-state index in [2.05, 4.69) is 10.3 Å². The van der Waals surface area contributed by atoms with Crippen LogP contribution in [0.5, 0.6) is 0 Å². The molecule has 2 aromatic rings. The minimum atomic E-state index is 0.137. The smallest absolute Gasteiger partial charge is 0.270 e. The van der Waals surface area contributed by atoms with Crippen molar-refractivity contribution in [1.29, 1.82) is 0 Å². The molecule has 2 N–H and O–H groups in total. The first-order valence-electron chi connectivity index (χ1n) is 7.79. The molecule has 21 heavy (non-hydrogen) atoms.